The van der Waals surface area contributed by atoms with Crippen molar-refractivity contribution in [2.75, 3.05) is 13.2 Å². The highest BCUT2D eigenvalue weighted by Crippen LogP contribution is 2.30. The topological polar surface area (TPSA) is 51.5 Å². The third kappa shape index (κ3) is 9.78. The van der Waals surface area contributed by atoms with Crippen LogP contribution in [-0.2, 0) is 0 Å². The second-order valence-corrected chi connectivity index (χ2v) is 10.1. The van der Waals surface area contributed by atoms with E-state index in [0.717, 1.165) is 42.1 Å². The van der Waals surface area contributed by atoms with Crippen molar-refractivity contribution in [3.8, 4) is 40.2 Å². The first kappa shape index (κ1) is 29.1. The Balaban J connectivity index is 1.46. The number of hydrogen-bond donors (Lipinski definition) is 0. The Morgan fingerprint density at radius 3 is 1.87 bits per heavy atom. The predicted molar refractivity (Wildman–Crippen MR) is 156 cm³/mol. The van der Waals surface area contributed by atoms with Crippen LogP contribution in [0.5, 0.6) is 23.0 Å². The molecule has 0 amide bonds. The van der Waals surface area contributed by atoms with Crippen LogP contribution in [0.4, 0.5) is 0 Å². The van der Waals surface area contributed by atoms with Gasteiger partial charge in [0.2, 0.25) is 0 Å². The first-order valence-electron chi connectivity index (χ1n) is 14.3. The number of nitrogens with zero attached hydrogens (tertiary/aromatic N) is 1. The standard InChI is InChI=1S/C34H43NO3/c1-4-6-7-8-9-10-11-12-23-36-31-17-13-28(14-18-31)29-15-19-32(20-16-29)38-33-21-22-34(30(24-33)25-35)37-26-27(3)5-2/h13-22,24,27H,4-12,23,26H2,1-3H3. The summed E-state index contributed by atoms with van der Waals surface area (Å²) in [7, 11) is 0. The van der Waals surface area contributed by atoms with Crippen molar-refractivity contribution in [3.63, 3.8) is 0 Å². The van der Waals surface area contributed by atoms with Gasteiger partial charge in [0, 0.05) is 6.07 Å². The van der Waals surface area contributed by atoms with Gasteiger partial charge in [0.15, 0.2) is 0 Å². The number of ether oxygens (including phenoxy) is 3. The van der Waals surface area contributed by atoms with Crippen molar-refractivity contribution in [2.45, 2.75) is 78.6 Å². The monoisotopic (exact) mass is 513 g/mol. The lowest BCUT2D eigenvalue weighted by Gasteiger charge is -2.13. The van der Waals surface area contributed by atoms with Gasteiger partial charge in [-0.1, -0.05) is 96.4 Å². The zero-order valence-electron chi connectivity index (χ0n) is 23.4. The van der Waals surface area contributed by atoms with Crippen LogP contribution < -0.4 is 14.2 Å². The van der Waals surface area contributed by atoms with Gasteiger partial charge in [0.05, 0.1) is 18.8 Å². The minimum Gasteiger partial charge on any atom is -0.494 e. The van der Waals surface area contributed by atoms with Gasteiger partial charge in [0.25, 0.3) is 0 Å². The summed E-state index contributed by atoms with van der Waals surface area (Å²) in [5, 5.41) is 9.53. The van der Waals surface area contributed by atoms with Crippen LogP contribution in [0.1, 0.15) is 84.1 Å². The van der Waals surface area contributed by atoms with Gasteiger partial charge < -0.3 is 14.2 Å². The average molecular weight is 514 g/mol. The van der Waals surface area contributed by atoms with E-state index in [0.29, 0.717) is 29.6 Å². The second kappa shape index (κ2) is 16.4. The molecule has 0 aliphatic heterocycles. The van der Waals surface area contributed by atoms with E-state index in [2.05, 4.69) is 39.0 Å². The smallest absolute Gasteiger partial charge is 0.137 e. The van der Waals surface area contributed by atoms with Crippen LogP contribution in [0.3, 0.4) is 0 Å². The quantitative estimate of drug-likeness (QED) is 0.169. The van der Waals surface area contributed by atoms with Gasteiger partial charge in [-0.15, -0.1) is 0 Å². The second-order valence-electron chi connectivity index (χ2n) is 10.1. The molecule has 3 rings (SSSR count). The molecular weight excluding hydrogens is 470 g/mol. The molecule has 0 spiro atoms. The average Bonchev–Trinajstić information content (AvgIpc) is 2.96. The third-order valence-corrected chi connectivity index (χ3v) is 6.84. The van der Waals surface area contributed by atoms with Crippen LogP contribution in [0.15, 0.2) is 66.7 Å². The first-order valence-corrected chi connectivity index (χ1v) is 14.3. The highest BCUT2D eigenvalue weighted by atomic mass is 16.5. The van der Waals surface area contributed by atoms with Crippen molar-refractivity contribution in [3.05, 3.63) is 72.3 Å². The van der Waals surface area contributed by atoms with E-state index in [1.54, 1.807) is 6.07 Å². The molecule has 4 heteroatoms. The summed E-state index contributed by atoms with van der Waals surface area (Å²) < 4.78 is 17.8. The Bertz CT molecular complexity index is 1120. The first-order chi connectivity index (χ1) is 18.6. The highest BCUT2D eigenvalue weighted by molar-refractivity contribution is 5.65. The van der Waals surface area contributed by atoms with Gasteiger partial charge in [-0.3, -0.25) is 0 Å². The molecule has 3 aromatic carbocycles. The van der Waals surface area contributed by atoms with E-state index < -0.39 is 0 Å². The predicted octanol–water partition coefficient (Wildman–Crippen LogP) is 9.96. The van der Waals surface area contributed by atoms with Crippen LogP contribution in [0, 0.1) is 17.2 Å². The van der Waals surface area contributed by atoms with E-state index in [1.165, 1.54) is 44.9 Å². The molecule has 0 aliphatic rings. The Morgan fingerprint density at radius 1 is 0.684 bits per heavy atom. The summed E-state index contributed by atoms with van der Waals surface area (Å²) in [5.41, 5.74) is 2.72. The number of unbranched alkanes of at least 4 members (excludes halogenated alkanes) is 7. The van der Waals surface area contributed by atoms with Gasteiger partial charge in [-0.25, -0.2) is 0 Å². The van der Waals surface area contributed by atoms with Gasteiger partial charge in [-0.05, 0) is 59.9 Å². The zero-order valence-corrected chi connectivity index (χ0v) is 23.4. The molecule has 1 atom stereocenters. The largest absolute Gasteiger partial charge is 0.494 e. The van der Waals surface area contributed by atoms with E-state index in [-0.39, 0.29) is 0 Å². The fraction of sp³-hybridized carbons (Fsp3) is 0.441. The molecule has 0 saturated carbocycles. The summed E-state index contributed by atoms with van der Waals surface area (Å²) in [6.45, 7) is 7.89. The third-order valence-electron chi connectivity index (χ3n) is 6.84. The van der Waals surface area contributed by atoms with Crippen LogP contribution in [-0.4, -0.2) is 13.2 Å². The van der Waals surface area contributed by atoms with Crippen molar-refractivity contribution >= 4 is 0 Å². The molecule has 1 unspecified atom stereocenters. The Hall–Kier alpha value is -3.45. The molecule has 38 heavy (non-hydrogen) atoms. The fourth-order valence-corrected chi connectivity index (χ4v) is 4.16. The van der Waals surface area contributed by atoms with Crippen molar-refractivity contribution in [1.82, 2.24) is 0 Å². The molecular formula is C34H43NO3. The maximum Gasteiger partial charge on any atom is 0.137 e. The van der Waals surface area contributed by atoms with Crippen molar-refractivity contribution in [2.24, 2.45) is 5.92 Å². The molecule has 0 N–H and O–H groups in total. The van der Waals surface area contributed by atoms with Crippen molar-refractivity contribution < 1.29 is 14.2 Å². The number of rotatable bonds is 17. The van der Waals surface area contributed by atoms with Gasteiger partial charge in [-0.2, -0.15) is 5.26 Å². The molecule has 0 bridgehead atoms. The lowest BCUT2D eigenvalue weighted by Crippen LogP contribution is -2.08. The molecule has 0 fully saturated rings. The normalized spacial score (nSPS) is 11.5. The minimum atomic E-state index is 0.444. The molecule has 0 saturated heterocycles. The molecule has 0 radical (unpaired) electrons. The fourth-order valence-electron chi connectivity index (χ4n) is 4.16. The molecule has 0 heterocycles. The lowest BCUT2D eigenvalue weighted by atomic mass is 10.1. The van der Waals surface area contributed by atoms with E-state index in [1.807, 2.05) is 48.5 Å². The molecule has 4 nitrogen and oxygen atoms in total. The summed E-state index contributed by atoms with van der Waals surface area (Å²) in [5.74, 6) is 3.29. The van der Waals surface area contributed by atoms with Crippen molar-refractivity contribution in [1.29, 1.82) is 5.26 Å². The summed E-state index contributed by atoms with van der Waals surface area (Å²) in [6.07, 6.45) is 11.5. The maximum absolute atomic E-state index is 9.53. The van der Waals surface area contributed by atoms with E-state index >= 15 is 0 Å². The molecule has 0 aromatic heterocycles. The Kier molecular flexibility index (Phi) is 12.6. The Morgan fingerprint density at radius 2 is 1.26 bits per heavy atom. The summed E-state index contributed by atoms with van der Waals surface area (Å²) in [4.78, 5) is 0. The van der Waals surface area contributed by atoms with E-state index in [9.17, 15) is 5.26 Å². The summed E-state index contributed by atoms with van der Waals surface area (Å²) in [6, 6.07) is 23.8. The molecule has 3 aromatic rings. The van der Waals surface area contributed by atoms with Gasteiger partial charge >= 0.3 is 0 Å². The van der Waals surface area contributed by atoms with Gasteiger partial charge in [0.1, 0.15) is 29.1 Å². The van der Waals surface area contributed by atoms with Crippen LogP contribution in [0.25, 0.3) is 11.1 Å². The number of benzene rings is 3. The number of hydrogen-bond acceptors (Lipinski definition) is 4. The minimum absolute atomic E-state index is 0.444. The zero-order chi connectivity index (χ0) is 27.0. The SMILES string of the molecule is CCCCCCCCCCOc1ccc(-c2ccc(Oc3ccc(OCC(C)CC)c(C#N)c3)cc2)cc1. The van der Waals surface area contributed by atoms with E-state index in [4.69, 9.17) is 14.2 Å². The maximum atomic E-state index is 9.53. The Labute approximate surface area is 229 Å². The highest BCUT2D eigenvalue weighted by Gasteiger charge is 2.09. The molecule has 0 aliphatic carbocycles. The number of nitriles is 1. The van der Waals surface area contributed by atoms with Crippen LogP contribution in [0.2, 0.25) is 0 Å². The lowest BCUT2D eigenvalue weighted by molar-refractivity contribution is 0.255. The molecule has 202 valence electrons. The summed E-state index contributed by atoms with van der Waals surface area (Å²) >= 11 is 0. The van der Waals surface area contributed by atoms with Crippen LogP contribution >= 0.6 is 0 Å².